The van der Waals surface area contributed by atoms with Gasteiger partial charge in [-0.1, -0.05) is 97.1 Å². The molecule has 39 heavy (non-hydrogen) atoms. The Morgan fingerprint density at radius 1 is 0.436 bits per heavy atom. The minimum Gasteiger partial charge on any atom is -0.457 e. The van der Waals surface area contributed by atoms with E-state index >= 15 is 0 Å². The van der Waals surface area contributed by atoms with Crippen LogP contribution in [0.5, 0.6) is 11.5 Å². The van der Waals surface area contributed by atoms with Crippen molar-refractivity contribution < 1.29 is 4.74 Å². The normalized spacial score (nSPS) is 14.1. The smallest absolute Gasteiger partial charge is 0.132 e. The number of rotatable bonds is 1. The number of aromatic amines is 1. The summed E-state index contributed by atoms with van der Waals surface area (Å²) in [6.45, 7) is 0. The maximum Gasteiger partial charge on any atom is 0.132 e. The van der Waals surface area contributed by atoms with E-state index in [0.29, 0.717) is 0 Å². The van der Waals surface area contributed by atoms with Crippen LogP contribution < -0.4 is 4.74 Å². The van der Waals surface area contributed by atoms with Gasteiger partial charge < -0.3 is 9.72 Å². The van der Waals surface area contributed by atoms with Gasteiger partial charge >= 0.3 is 0 Å². The molecule has 0 saturated carbocycles. The molecule has 6 aromatic carbocycles. The standard InChI is InChI=1S/C37H23NO/c1-3-11-29-25(9-1)27-21-23(24-18-20-34-28(22-24)26-10-2-6-14-33(26)38-34)17-19-30(27)37(29)31-12-4-7-15-35(31)39-36-16-8-5-13-32(36)37/h1-22,38H. The van der Waals surface area contributed by atoms with Crippen molar-refractivity contribution in [2.24, 2.45) is 0 Å². The summed E-state index contributed by atoms with van der Waals surface area (Å²) in [4.78, 5) is 3.56. The number of para-hydroxylation sites is 3. The molecule has 0 radical (unpaired) electrons. The highest BCUT2D eigenvalue weighted by Crippen LogP contribution is 2.62. The van der Waals surface area contributed by atoms with Gasteiger partial charge in [0.15, 0.2) is 0 Å². The van der Waals surface area contributed by atoms with E-state index in [4.69, 9.17) is 4.74 Å². The minimum atomic E-state index is -0.420. The maximum absolute atomic E-state index is 6.45. The van der Waals surface area contributed by atoms with E-state index in [1.165, 1.54) is 66.3 Å². The Morgan fingerprint density at radius 2 is 1.03 bits per heavy atom. The molecule has 0 unspecified atom stereocenters. The summed E-state index contributed by atoms with van der Waals surface area (Å²) < 4.78 is 6.45. The van der Waals surface area contributed by atoms with E-state index in [2.05, 4.69) is 138 Å². The number of aromatic nitrogens is 1. The van der Waals surface area contributed by atoms with Crippen molar-refractivity contribution in [3.8, 4) is 33.8 Å². The van der Waals surface area contributed by atoms with E-state index in [1.807, 2.05) is 0 Å². The van der Waals surface area contributed by atoms with Gasteiger partial charge in [-0.3, -0.25) is 0 Å². The highest BCUT2D eigenvalue weighted by molar-refractivity contribution is 6.08. The number of hydrogen-bond acceptors (Lipinski definition) is 1. The molecule has 0 amide bonds. The zero-order valence-electron chi connectivity index (χ0n) is 21.1. The quantitative estimate of drug-likeness (QED) is 0.240. The third-order valence-corrected chi connectivity index (χ3v) is 8.69. The zero-order valence-corrected chi connectivity index (χ0v) is 21.1. The Labute approximate surface area is 226 Å². The Bertz CT molecular complexity index is 2070. The second-order valence-corrected chi connectivity index (χ2v) is 10.6. The molecule has 1 N–H and O–H groups in total. The van der Waals surface area contributed by atoms with Crippen molar-refractivity contribution in [2.75, 3.05) is 0 Å². The summed E-state index contributed by atoms with van der Waals surface area (Å²) in [5.74, 6) is 1.85. The van der Waals surface area contributed by atoms with Crippen molar-refractivity contribution in [3.63, 3.8) is 0 Å². The predicted octanol–water partition coefficient (Wildman–Crippen LogP) is 9.46. The molecule has 1 aromatic heterocycles. The second-order valence-electron chi connectivity index (χ2n) is 10.6. The van der Waals surface area contributed by atoms with E-state index in [9.17, 15) is 0 Å². The van der Waals surface area contributed by atoms with Crippen LogP contribution >= 0.6 is 0 Å². The fourth-order valence-electron chi connectivity index (χ4n) is 7.07. The summed E-state index contributed by atoms with van der Waals surface area (Å²) in [5, 5.41) is 2.52. The van der Waals surface area contributed by atoms with E-state index < -0.39 is 5.41 Å². The fourth-order valence-corrected chi connectivity index (χ4v) is 7.07. The molecule has 9 rings (SSSR count). The van der Waals surface area contributed by atoms with Gasteiger partial charge in [-0.25, -0.2) is 0 Å². The topological polar surface area (TPSA) is 25.0 Å². The highest BCUT2D eigenvalue weighted by atomic mass is 16.5. The molecule has 2 heteroatoms. The zero-order chi connectivity index (χ0) is 25.6. The third kappa shape index (κ3) is 2.65. The highest BCUT2D eigenvalue weighted by Gasteiger charge is 2.50. The van der Waals surface area contributed by atoms with Crippen LogP contribution in [0.25, 0.3) is 44.1 Å². The summed E-state index contributed by atoms with van der Waals surface area (Å²) in [7, 11) is 0. The van der Waals surface area contributed by atoms with Crippen molar-refractivity contribution in [2.45, 2.75) is 5.41 Å². The molecule has 182 valence electrons. The number of hydrogen-bond donors (Lipinski definition) is 1. The average molecular weight is 498 g/mol. The maximum atomic E-state index is 6.45. The number of ether oxygens (including phenoxy) is 1. The molecule has 1 spiro atoms. The summed E-state index contributed by atoms with van der Waals surface area (Å²) in [6, 6.07) is 48.3. The van der Waals surface area contributed by atoms with Crippen LogP contribution in [-0.4, -0.2) is 4.98 Å². The third-order valence-electron chi connectivity index (χ3n) is 8.69. The Kier molecular flexibility index (Phi) is 4.02. The fraction of sp³-hybridized carbons (Fsp3) is 0.0270. The first-order chi connectivity index (χ1) is 19.3. The first-order valence-corrected chi connectivity index (χ1v) is 13.4. The lowest BCUT2D eigenvalue weighted by Crippen LogP contribution is -2.32. The van der Waals surface area contributed by atoms with Crippen LogP contribution in [0.1, 0.15) is 22.3 Å². The Balaban J connectivity index is 1.33. The molecule has 0 bridgehead atoms. The van der Waals surface area contributed by atoms with Crippen LogP contribution in [0.15, 0.2) is 133 Å². The van der Waals surface area contributed by atoms with Crippen LogP contribution in [0.3, 0.4) is 0 Å². The molecule has 2 nitrogen and oxygen atoms in total. The minimum absolute atomic E-state index is 0.420. The molecular formula is C37H23NO. The van der Waals surface area contributed by atoms with E-state index in [1.54, 1.807) is 0 Å². The molecule has 2 aliphatic rings. The number of H-pyrrole nitrogens is 1. The number of benzene rings is 6. The van der Waals surface area contributed by atoms with Crippen LogP contribution in [0.4, 0.5) is 0 Å². The lowest BCUT2D eigenvalue weighted by atomic mass is 9.66. The number of fused-ring (bicyclic) bond motifs is 12. The summed E-state index contributed by atoms with van der Waals surface area (Å²) >= 11 is 0. The van der Waals surface area contributed by atoms with Crippen LogP contribution in [0.2, 0.25) is 0 Å². The molecule has 0 fully saturated rings. The number of nitrogens with one attached hydrogen (secondary N) is 1. The largest absolute Gasteiger partial charge is 0.457 e. The van der Waals surface area contributed by atoms with E-state index in [-0.39, 0.29) is 0 Å². The molecule has 0 atom stereocenters. The summed E-state index contributed by atoms with van der Waals surface area (Å²) in [6.07, 6.45) is 0. The van der Waals surface area contributed by atoms with Gasteiger partial charge in [-0.05, 0) is 69.8 Å². The van der Waals surface area contributed by atoms with Gasteiger partial charge in [-0.15, -0.1) is 0 Å². The van der Waals surface area contributed by atoms with Gasteiger partial charge in [0.05, 0.1) is 5.41 Å². The molecule has 7 aromatic rings. The van der Waals surface area contributed by atoms with Gasteiger partial charge in [0.25, 0.3) is 0 Å². The molecular weight excluding hydrogens is 474 g/mol. The van der Waals surface area contributed by atoms with Gasteiger partial charge in [0.1, 0.15) is 11.5 Å². The van der Waals surface area contributed by atoms with Gasteiger partial charge in [0, 0.05) is 32.9 Å². The predicted molar refractivity (Wildman–Crippen MR) is 159 cm³/mol. The lowest BCUT2D eigenvalue weighted by molar-refractivity contribution is 0.436. The first-order valence-electron chi connectivity index (χ1n) is 13.4. The van der Waals surface area contributed by atoms with Crippen molar-refractivity contribution >= 4 is 21.8 Å². The molecule has 1 aliphatic heterocycles. The molecule has 2 heterocycles. The average Bonchev–Trinajstić information content (AvgIpc) is 3.51. The lowest BCUT2D eigenvalue weighted by Gasteiger charge is -2.39. The first kappa shape index (κ1) is 20.9. The van der Waals surface area contributed by atoms with Gasteiger partial charge in [-0.2, -0.15) is 0 Å². The van der Waals surface area contributed by atoms with Crippen molar-refractivity contribution in [1.82, 2.24) is 4.98 Å². The van der Waals surface area contributed by atoms with Crippen LogP contribution in [-0.2, 0) is 5.41 Å². The van der Waals surface area contributed by atoms with E-state index in [0.717, 1.165) is 11.5 Å². The monoisotopic (exact) mass is 497 g/mol. The second kappa shape index (κ2) is 7.49. The van der Waals surface area contributed by atoms with Crippen molar-refractivity contribution in [1.29, 1.82) is 0 Å². The molecule has 0 saturated heterocycles. The molecule has 1 aliphatic carbocycles. The Morgan fingerprint density at radius 3 is 1.85 bits per heavy atom. The Hall–Kier alpha value is -5.08. The van der Waals surface area contributed by atoms with Crippen molar-refractivity contribution in [3.05, 3.63) is 156 Å². The SMILES string of the molecule is c1ccc2c(c1)Oc1ccccc1C21c2ccccc2-c2cc(-c3ccc4[nH]c5ccccc5c4c3)ccc21. The summed E-state index contributed by atoms with van der Waals surface area (Å²) in [5.41, 5.74) is 12.0. The van der Waals surface area contributed by atoms with Gasteiger partial charge in [0.2, 0.25) is 0 Å². The van der Waals surface area contributed by atoms with Crippen LogP contribution in [0, 0.1) is 0 Å².